The molecule has 0 radical (unpaired) electrons. The van der Waals surface area contributed by atoms with Gasteiger partial charge in [0, 0.05) is 30.1 Å². The number of nitrogens with two attached hydrogens (primary N) is 1. The molecule has 2 aromatic heterocycles. The lowest BCUT2D eigenvalue weighted by Gasteiger charge is -2.12. The van der Waals surface area contributed by atoms with Crippen LogP contribution in [-0.4, -0.2) is 33.7 Å². The molecule has 0 aliphatic carbocycles. The topological polar surface area (TPSA) is 123 Å². The number of nitrogens with one attached hydrogen (secondary N) is 2. The maximum absolute atomic E-state index is 13.0. The van der Waals surface area contributed by atoms with Crippen LogP contribution in [0.15, 0.2) is 30.7 Å². The number of hydrogen-bond donors (Lipinski definition) is 3. The molecule has 0 bridgehead atoms. The number of hydrogen-bond acceptors (Lipinski definition) is 8. The van der Waals surface area contributed by atoms with Crippen LogP contribution in [0.3, 0.4) is 0 Å². The van der Waals surface area contributed by atoms with E-state index in [0.29, 0.717) is 17.1 Å². The number of nitrogens with zero attached hydrogens (tertiary/aromatic N) is 3. The molecule has 0 saturated carbocycles. The number of carbonyl (C=O) groups excluding carboxylic acids is 2. The van der Waals surface area contributed by atoms with E-state index in [1.165, 1.54) is 18.6 Å². The van der Waals surface area contributed by atoms with Crippen LogP contribution in [-0.2, 0) is 12.7 Å². The number of carbonyl (C=O) groups is 2. The third-order valence-electron chi connectivity index (χ3n) is 4.79. The van der Waals surface area contributed by atoms with Gasteiger partial charge in [0.1, 0.15) is 22.7 Å². The minimum Gasteiger partial charge on any atom is -0.383 e. The minimum atomic E-state index is -4.65. The molecule has 34 heavy (non-hydrogen) atoms. The van der Waals surface area contributed by atoms with Crippen molar-refractivity contribution in [3.63, 3.8) is 0 Å². The van der Waals surface area contributed by atoms with Gasteiger partial charge < -0.3 is 16.4 Å². The van der Waals surface area contributed by atoms with Gasteiger partial charge in [0.2, 0.25) is 0 Å². The maximum Gasteiger partial charge on any atom is 0.417 e. The van der Waals surface area contributed by atoms with E-state index in [-0.39, 0.29) is 40.2 Å². The van der Waals surface area contributed by atoms with E-state index >= 15 is 0 Å². The maximum atomic E-state index is 13.0. The van der Waals surface area contributed by atoms with Crippen molar-refractivity contribution in [2.75, 3.05) is 18.1 Å². The lowest BCUT2D eigenvalue weighted by atomic mass is 10.0. The van der Waals surface area contributed by atoms with E-state index in [0.717, 1.165) is 23.5 Å². The van der Waals surface area contributed by atoms with Gasteiger partial charge >= 0.3 is 6.18 Å². The van der Waals surface area contributed by atoms with E-state index in [9.17, 15) is 22.8 Å². The molecule has 8 nitrogen and oxygen atoms in total. The highest BCUT2D eigenvalue weighted by molar-refractivity contribution is 7.13. The fourth-order valence-corrected chi connectivity index (χ4v) is 4.20. The van der Waals surface area contributed by atoms with E-state index < -0.39 is 22.7 Å². The molecule has 0 saturated heterocycles. The Morgan fingerprint density at radius 2 is 1.97 bits per heavy atom. The van der Waals surface area contributed by atoms with Crippen LogP contribution in [0.25, 0.3) is 0 Å². The van der Waals surface area contributed by atoms with Gasteiger partial charge in [-0.3, -0.25) is 9.59 Å². The number of aromatic nitrogens is 3. The Bertz CT molecular complexity index is 1220. The van der Waals surface area contributed by atoms with Crippen LogP contribution in [0.4, 0.5) is 24.7 Å². The van der Waals surface area contributed by atoms with Gasteiger partial charge in [-0.25, -0.2) is 15.0 Å². The number of rotatable bonds is 8. The largest absolute Gasteiger partial charge is 0.417 e. The molecule has 3 aromatic rings. The highest BCUT2D eigenvalue weighted by Gasteiger charge is 2.33. The van der Waals surface area contributed by atoms with Gasteiger partial charge in [-0.05, 0) is 25.2 Å². The molecule has 2 heterocycles. The average molecular weight is 513 g/mol. The molecule has 180 valence electrons. The molecule has 1 amide bonds. The second-order valence-electron chi connectivity index (χ2n) is 7.35. The van der Waals surface area contributed by atoms with E-state index in [2.05, 4.69) is 25.6 Å². The third kappa shape index (κ3) is 5.88. The average Bonchev–Trinajstić information content (AvgIpc) is 3.26. The lowest BCUT2D eigenvalue weighted by Crippen LogP contribution is -2.17. The normalized spacial score (nSPS) is 12.4. The molecule has 1 aromatic carbocycles. The first-order chi connectivity index (χ1) is 16.0. The van der Waals surface area contributed by atoms with Gasteiger partial charge in [0.25, 0.3) is 5.91 Å². The van der Waals surface area contributed by atoms with Crippen LogP contribution in [0.2, 0.25) is 5.02 Å². The summed E-state index contributed by atoms with van der Waals surface area (Å²) in [5.74, 6) is -1.01. The quantitative estimate of drug-likeness (QED) is 0.379. The number of thiazole rings is 1. The van der Waals surface area contributed by atoms with E-state index in [1.807, 2.05) is 0 Å². The molecule has 0 fully saturated rings. The first kappa shape index (κ1) is 25.5. The summed E-state index contributed by atoms with van der Waals surface area (Å²) in [5.41, 5.74) is 5.47. The van der Waals surface area contributed by atoms with E-state index in [4.69, 9.17) is 17.3 Å². The number of alkyl halides is 3. The van der Waals surface area contributed by atoms with Crippen molar-refractivity contribution in [3.8, 4) is 0 Å². The SMILES string of the molecule is CNCc1c(N)ncnc1C(=O)C[C@@H](C)c1ncc(C(=O)Nc2ccc(Cl)c(C(F)(F)F)c2)s1. The number of halogens is 4. The molecule has 1 atom stereocenters. The Morgan fingerprint density at radius 3 is 2.65 bits per heavy atom. The van der Waals surface area contributed by atoms with Gasteiger partial charge in [0.15, 0.2) is 5.78 Å². The van der Waals surface area contributed by atoms with Crippen LogP contribution >= 0.6 is 22.9 Å². The van der Waals surface area contributed by atoms with Crippen LogP contribution in [0, 0.1) is 0 Å². The fraction of sp³-hybridized carbons (Fsp3) is 0.286. The molecule has 0 aliphatic heterocycles. The van der Waals surface area contributed by atoms with Crippen LogP contribution in [0.1, 0.15) is 55.6 Å². The molecule has 0 spiro atoms. The van der Waals surface area contributed by atoms with Crippen molar-refractivity contribution in [2.24, 2.45) is 0 Å². The molecule has 3 rings (SSSR count). The summed E-state index contributed by atoms with van der Waals surface area (Å²) in [6, 6.07) is 3.10. The summed E-state index contributed by atoms with van der Waals surface area (Å²) >= 11 is 6.65. The highest BCUT2D eigenvalue weighted by Crippen LogP contribution is 2.36. The number of anilines is 2. The lowest BCUT2D eigenvalue weighted by molar-refractivity contribution is -0.137. The molecule has 4 N–H and O–H groups in total. The number of amides is 1. The third-order valence-corrected chi connectivity index (χ3v) is 6.34. The Hall–Kier alpha value is -3.09. The van der Waals surface area contributed by atoms with Crippen LogP contribution in [0.5, 0.6) is 0 Å². The summed E-state index contributed by atoms with van der Waals surface area (Å²) in [6.07, 6.45) is -2.06. The Kier molecular flexibility index (Phi) is 7.85. The molecular weight excluding hydrogens is 493 g/mol. The molecule has 13 heteroatoms. The zero-order valence-electron chi connectivity index (χ0n) is 18.0. The predicted molar refractivity (Wildman–Crippen MR) is 123 cm³/mol. The van der Waals surface area contributed by atoms with Crippen molar-refractivity contribution in [1.29, 1.82) is 0 Å². The molecule has 0 aliphatic rings. The Morgan fingerprint density at radius 1 is 1.24 bits per heavy atom. The van der Waals surface area contributed by atoms with Crippen molar-refractivity contribution >= 4 is 46.1 Å². The Labute approximate surface area is 201 Å². The number of benzene rings is 1. The summed E-state index contributed by atoms with van der Waals surface area (Å²) < 4.78 is 39.1. The second-order valence-corrected chi connectivity index (χ2v) is 8.82. The number of Topliss-reactive ketones (excluding diaryl/α,β-unsaturated/α-hetero) is 1. The van der Waals surface area contributed by atoms with Crippen molar-refractivity contribution in [3.05, 3.63) is 62.5 Å². The monoisotopic (exact) mass is 512 g/mol. The smallest absolute Gasteiger partial charge is 0.383 e. The highest BCUT2D eigenvalue weighted by atomic mass is 35.5. The predicted octanol–water partition coefficient (Wildman–Crippen LogP) is 4.54. The van der Waals surface area contributed by atoms with Gasteiger partial charge in [-0.2, -0.15) is 13.2 Å². The zero-order valence-corrected chi connectivity index (χ0v) is 19.6. The summed E-state index contributed by atoms with van der Waals surface area (Å²) in [7, 11) is 1.71. The van der Waals surface area contributed by atoms with E-state index in [1.54, 1.807) is 14.0 Å². The van der Waals surface area contributed by atoms with Gasteiger partial charge in [-0.15, -0.1) is 11.3 Å². The molecule has 0 unspecified atom stereocenters. The first-order valence-corrected chi connectivity index (χ1v) is 11.1. The molecular formula is C21H20ClF3N6O2S. The minimum absolute atomic E-state index is 0.0571. The van der Waals surface area contributed by atoms with Crippen molar-refractivity contribution in [1.82, 2.24) is 20.3 Å². The summed E-state index contributed by atoms with van der Waals surface area (Å²) in [6.45, 7) is 2.10. The van der Waals surface area contributed by atoms with Gasteiger partial charge in [0.05, 0.1) is 21.8 Å². The van der Waals surface area contributed by atoms with Crippen molar-refractivity contribution < 1.29 is 22.8 Å². The zero-order chi connectivity index (χ0) is 25.0. The van der Waals surface area contributed by atoms with Gasteiger partial charge in [-0.1, -0.05) is 18.5 Å². The second kappa shape index (κ2) is 10.5. The van der Waals surface area contributed by atoms with Crippen molar-refractivity contribution in [2.45, 2.75) is 32.0 Å². The van der Waals surface area contributed by atoms with Crippen LogP contribution < -0.4 is 16.4 Å². The number of ketones is 1. The summed E-state index contributed by atoms with van der Waals surface area (Å²) in [4.78, 5) is 37.7. The summed E-state index contributed by atoms with van der Waals surface area (Å²) in [5, 5.41) is 5.38. The fourth-order valence-electron chi connectivity index (χ4n) is 3.11. The number of nitrogen functional groups attached to an aromatic ring is 1. The Balaban J connectivity index is 1.71. The first-order valence-electron chi connectivity index (χ1n) is 9.92. The standard InChI is InChI=1S/C21H20ClF3N6O2S/c1-10(5-15(32)17-12(7-27-2)18(26)30-9-29-17)20-28-8-16(34-20)19(33)31-11-3-4-14(22)13(6-11)21(23,24)25/h3-4,6,8-10,27H,5,7H2,1-2H3,(H,31,33)(H2,26,29,30)/t10-/m1/s1.